The highest BCUT2D eigenvalue weighted by Gasteiger charge is 2.13. The Labute approximate surface area is 177 Å². The van der Waals surface area contributed by atoms with Crippen LogP contribution in [0.5, 0.6) is 11.5 Å². The second-order valence-electron chi connectivity index (χ2n) is 6.60. The molecule has 0 bridgehead atoms. The standard InChI is InChI=1S/C21H20N4O4S/c1-13-7-14(2)9-17(8-13)27-11-18-22-25-21(29-18)30-12-19-23-24-20(28-19)15-5-4-6-16(10-15)26-3/h4-10H,11-12H2,1-3H3. The third kappa shape index (κ3) is 4.98. The van der Waals surface area contributed by atoms with E-state index in [0.29, 0.717) is 28.6 Å². The maximum Gasteiger partial charge on any atom is 0.277 e. The molecular weight excluding hydrogens is 404 g/mol. The van der Waals surface area contributed by atoms with Crippen molar-refractivity contribution in [1.29, 1.82) is 0 Å². The summed E-state index contributed by atoms with van der Waals surface area (Å²) in [6, 6.07) is 13.5. The van der Waals surface area contributed by atoms with E-state index in [4.69, 9.17) is 18.3 Å². The van der Waals surface area contributed by atoms with Crippen molar-refractivity contribution in [3.8, 4) is 23.0 Å². The van der Waals surface area contributed by atoms with Crippen LogP contribution in [0, 0.1) is 13.8 Å². The maximum absolute atomic E-state index is 5.74. The molecule has 0 spiro atoms. The first-order chi connectivity index (χ1) is 14.6. The minimum atomic E-state index is 0.205. The molecule has 0 radical (unpaired) electrons. The Morgan fingerprint density at radius 3 is 2.47 bits per heavy atom. The third-order valence-corrected chi connectivity index (χ3v) is 4.91. The molecule has 2 aromatic carbocycles. The normalized spacial score (nSPS) is 10.9. The van der Waals surface area contributed by atoms with Gasteiger partial charge in [0.2, 0.25) is 11.8 Å². The number of methoxy groups -OCH3 is 1. The highest BCUT2D eigenvalue weighted by atomic mass is 32.2. The van der Waals surface area contributed by atoms with Gasteiger partial charge in [-0.05, 0) is 55.3 Å². The molecule has 0 unspecified atom stereocenters. The molecule has 4 rings (SSSR count). The van der Waals surface area contributed by atoms with Gasteiger partial charge in [0.1, 0.15) is 11.5 Å². The monoisotopic (exact) mass is 424 g/mol. The Balaban J connectivity index is 1.33. The lowest BCUT2D eigenvalue weighted by Gasteiger charge is -2.05. The summed E-state index contributed by atoms with van der Waals surface area (Å²) in [6.45, 7) is 4.26. The van der Waals surface area contributed by atoms with E-state index < -0.39 is 0 Å². The van der Waals surface area contributed by atoms with Crippen molar-refractivity contribution >= 4 is 11.8 Å². The highest BCUT2D eigenvalue weighted by molar-refractivity contribution is 7.98. The van der Waals surface area contributed by atoms with Gasteiger partial charge < -0.3 is 18.3 Å². The zero-order valence-corrected chi connectivity index (χ0v) is 17.6. The maximum atomic E-state index is 5.74. The second-order valence-corrected chi connectivity index (χ2v) is 7.52. The average Bonchev–Trinajstić information content (AvgIpc) is 3.40. The lowest BCUT2D eigenvalue weighted by molar-refractivity contribution is 0.252. The van der Waals surface area contributed by atoms with E-state index in [0.717, 1.165) is 28.2 Å². The number of hydrogen-bond donors (Lipinski definition) is 0. The number of rotatable bonds is 8. The number of nitrogens with zero attached hydrogens (tertiary/aromatic N) is 4. The minimum Gasteiger partial charge on any atom is -0.497 e. The van der Waals surface area contributed by atoms with E-state index >= 15 is 0 Å². The Kier molecular flexibility index (Phi) is 5.99. The van der Waals surface area contributed by atoms with Gasteiger partial charge in [0.25, 0.3) is 11.1 Å². The molecule has 2 aromatic heterocycles. The molecular formula is C21H20N4O4S. The van der Waals surface area contributed by atoms with Crippen LogP contribution < -0.4 is 9.47 Å². The van der Waals surface area contributed by atoms with Crippen LogP contribution in [-0.4, -0.2) is 27.5 Å². The van der Waals surface area contributed by atoms with Crippen molar-refractivity contribution in [3.63, 3.8) is 0 Å². The Morgan fingerprint density at radius 2 is 1.67 bits per heavy atom. The second kappa shape index (κ2) is 9.00. The van der Waals surface area contributed by atoms with Crippen LogP contribution in [0.4, 0.5) is 0 Å². The first kappa shape index (κ1) is 20.0. The molecule has 8 nitrogen and oxygen atoms in total. The fourth-order valence-corrected chi connectivity index (χ4v) is 3.44. The summed E-state index contributed by atoms with van der Waals surface area (Å²) < 4.78 is 22.3. The zero-order valence-electron chi connectivity index (χ0n) is 16.8. The molecule has 0 fully saturated rings. The van der Waals surface area contributed by atoms with E-state index in [1.165, 1.54) is 11.8 Å². The number of ether oxygens (including phenoxy) is 2. The van der Waals surface area contributed by atoms with Crippen molar-refractivity contribution in [3.05, 3.63) is 65.4 Å². The van der Waals surface area contributed by atoms with Gasteiger partial charge in [-0.1, -0.05) is 23.9 Å². The van der Waals surface area contributed by atoms with Crippen LogP contribution in [-0.2, 0) is 12.4 Å². The number of thioether (sulfide) groups is 1. The van der Waals surface area contributed by atoms with Gasteiger partial charge in [-0.3, -0.25) is 0 Å². The molecule has 0 aliphatic carbocycles. The van der Waals surface area contributed by atoms with Crippen molar-refractivity contribution < 1.29 is 18.3 Å². The van der Waals surface area contributed by atoms with Crippen LogP contribution in [0.1, 0.15) is 22.9 Å². The van der Waals surface area contributed by atoms with Gasteiger partial charge in [0.05, 0.1) is 12.9 Å². The molecule has 0 aliphatic heterocycles. The summed E-state index contributed by atoms with van der Waals surface area (Å²) in [5, 5.41) is 16.6. The lowest BCUT2D eigenvalue weighted by Crippen LogP contribution is -1.96. The summed E-state index contributed by atoms with van der Waals surface area (Å²) in [5.41, 5.74) is 3.07. The smallest absolute Gasteiger partial charge is 0.277 e. The first-order valence-corrected chi connectivity index (χ1v) is 10.2. The van der Waals surface area contributed by atoms with Crippen LogP contribution in [0.3, 0.4) is 0 Å². The molecule has 0 saturated carbocycles. The topological polar surface area (TPSA) is 96.3 Å². The molecule has 0 amide bonds. The highest BCUT2D eigenvalue weighted by Crippen LogP contribution is 2.26. The fourth-order valence-electron chi connectivity index (χ4n) is 2.82. The fraction of sp³-hybridized carbons (Fsp3) is 0.238. The Morgan fingerprint density at radius 1 is 0.867 bits per heavy atom. The molecule has 4 aromatic rings. The van der Waals surface area contributed by atoms with E-state index in [-0.39, 0.29) is 6.61 Å². The molecule has 0 saturated heterocycles. The van der Waals surface area contributed by atoms with Crippen LogP contribution >= 0.6 is 11.8 Å². The molecule has 9 heteroatoms. The molecule has 0 aliphatic rings. The first-order valence-electron chi connectivity index (χ1n) is 9.22. The SMILES string of the molecule is COc1cccc(-c2nnc(CSc3nnc(COc4cc(C)cc(C)c4)o3)o2)c1. The van der Waals surface area contributed by atoms with Crippen molar-refractivity contribution in [2.75, 3.05) is 7.11 Å². The summed E-state index contributed by atoms with van der Waals surface area (Å²) >= 11 is 1.32. The summed E-state index contributed by atoms with van der Waals surface area (Å²) in [6.07, 6.45) is 0. The predicted octanol–water partition coefficient (Wildman–Crippen LogP) is 4.62. The van der Waals surface area contributed by atoms with Crippen LogP contribution in [0.2, 0.25) is 0 Å². The van der Waals surface area contributed by atoms with Gasteiger partial charge in [0, 0.05) is 5.56 Å². The Bertz CT molecular complexity index is 1120. The quantitative estimate of drug-likeness (QED) is 0.375. The van der Waals surface area contributed by atoms with E-state index in [1.807, 2.05) is 50.2 Å². The molecule has 0 atom stereocenters. The van der Waals surface area contributed by atoms with Gasteiger partial charge in [-0.25, -0.2) is 0 Å². The van der Waals surface area contributed by atoms with Crippen molar-refractivity contribution in [2.24, 2.45) is 0 Å². The van der Waals surface area contributed by atoms with Crippen molar-refractivity contribution in [1.82, 2.24) is 20.4 Å². The van der Waals surface area contributed by atoms with Gasteiger partial charge >= 0.3 is 0 Å². The Hall–Kier alpha value is -3.33. The largest absolute Gasteiger partial charge is 0.497 e. The molecule has 154 valence electrons. The van der Waals surface area contributed by atoms with E-state index in [1.54, 1.807) is 7.11 Å². The summed E-state index contributed by atoms with van der Waals surface area (Å²) in [5.74, 6) is 3.20. The number of benzene rings is 2. The molecule has 0 N–H and O–H groups in total. The zero-order chi connectivity index (χ0) is 20.9. The van der Waals surface area contributed by atoms with Gasteiger partial charge in [0.15, 0.2) is 6.61 Å². The number of aryl methyl sites for hydroxylation is 2. The van der Waals surface area contributed by atoms with Gasteiger partial charge in [-0.2, -0.15) is 0 Å². The van der Waals surface area contributed by atoms with Crippen molar-refractivity contribution in [2.45, 2.75) is 31.4 Å². The molecule has 2 heterocycles. The number of hydrogen-bond acceptors (Lipinski definition) is 9. The number of aromatic nitrogens is 4. The van der Waals surface area contributed by atoms with Crippen LogP contribution in [0.15, 0.2) is 56.5 Å². The summed E-state index contributed by atoms with van der Waals surface area (Å²) in [7, 11) is 1.61. The third-order valence-electron chi connectivity index (χ3n) is 4.11. The minimum absolute atomic E-state index is 0.205. The predicted molar refractivity (Wildman–Crippen MR) is 110 cm³/mol. The van der Waals surface area contributed by atoms with Gasteiger partial charge in [-0.15, -0.1) is 20.4 Å². The van der Waals surface area contributed by atoms with Crippen LogP contribution in [0.25, 0.3) is 11.5 Å². The van der Waals surface area contributed by atoms with E-state index in [2.05, 4.69) is 26.5 Å². The summed E-state index contributed by atoms with van der Waals surface area (Å²) in [4.78, 5) is 0. The lowest BCUT2D eigenvalue weighted by atomic mass is 10.1. The average molecular weight is 424 g/mol. The van der Waals surface area contributed by atoms with E-state index in [9.17, 15) is 0 Å². The molecule has 30 heavy (non-hydrogen) atoms.